The van der Waals surface area contributed by atoms with Crippen molar-refractivity contribution in [2.45, 2.75) is 0 Å². The number of nitrogens with one attached hydrogen (secondary N) is 2. The van der Waals surface area contributed by atoms with Crippen LogP contribution in [-0.2, 0) is 13.6 Å². The highest BCUT2D eigenvalue weighted by molar-refractivity contribution is 7.34. The maximum atomic E-state index is 9.60. The molecule has 2 heterocycles. The van der Waals surface area contributed by atoms with Gasteiger partial charge in [-0.2, -0.15) is 0 Å². The molecule has 2 saturated heterocycles. The molecule has 2 fully saturated rings. The van der Waals surface area contributed by atoms with E-state index in [9.17, 15) is 4.57 Å². The van der Waals surface area contributed by atoms with Crippen molar-refractivity contribution in [3.8, 4) is 0 Å². The molecular formula is C5H12N2O3P+. The van der Waals surface area contributed by atoms with Gasteiger partial charge in [0.25, 0.3) is 6.79 Å². The molecule has 0 bridgehead atoms. The third-order valence-electron chi connectivity index (χ3n) is 1.27. The summed E-state index contributed by atoms with van der Waals surface area (Å²) in [7, 11) is -1.67. The molecule has 0 aliphatic carbocycles. The Labute approximate surface area is 66.4 Å². The quantitative estimate of drug-likeness (QED) is 0.505. The average molecular weight is 179 g/mol. The smallest absolute Gasteiger partial charge is 0.314 e. The molecule has 2 rings (SSSR count). The summed E-state index contributed by atoms with van der Waals surface area (Å²) < 4.78 is 18.0. The Kier molecular flexibility index (Phi) is 4.58. The summed E-state index contributed by atoms with van der Waals surface area (Å²) in [5.74, 6) is 0. The van der Waals surface area contributed by atoms with Crippen LogP contribution in [0.1, 0.15) is 0 Å². The highest BCUT2D eigenvalue weighted by Crippen LogP contribution is 2.32. The van der Waals surface area contributed by atoms with Gasteiger partial charge in [0.2, 0.25) is 0 Å². The molecule has 6 heteroatoms. The van der Waals surface area contributed by atoms with E-state index >= 15 is 0 Å². The third kappa shape index (κ3) is 4.40. The van der Waals surface area contributed by atoms with Crippen molar-refractivity contribution < 1.29 is 13.6 Å². The lowest BCUT2D eigenvalue weighted by Crippen LogP contribution is -2.39. The first-order valence-electron chi connectivity index (χ1n) is 3.54. The van der Waals surface area contributed by atoms with Crippen LogP contribution in [-0.4, -0.2) is 33.0 Å². The van der Waals surface area contributed by atoms with Crippen molar-refractivity contribution in [1.29, 1.82) is 0 Å². The Morgan fingerprint density at radius 1 is 1.00 bits per heavy atom. The number of rotatable bonds is 0. The van der Waals surface area contributed by atoms with Gasteiger partial charge in [-0.3, -0.25) is 0 Å². The van der Waals surface area contributed by atoms with Gasteiger partial charge in [-0.15, -0.1) is 0 Å². The summed E-state index contributed by atoms with van der Waals surface area (Å²) in [5, 5.41) is 6.44. The molecule has 0 atom stereocenters. The van der Waals surface area contributed by atoms with Gasteiger partial charge in [-0.1, -0.05) is 9.05 Å². The molecule has 5 nitrogen and oxygen atoms in total. The van der Waals surface area contributed by atoms with Gasteiger partial charge in [0.1, 0.15) is 0 Å². The Balaban J connectivity index is 0.000000112. The first-order chi connectivity index (χ1) is 5.39. The molecule has 0 unspecified atom stereocenters. The van der Waals surface area contributed by atoms with E-state index in [1.807, 2.05) is 0 Å². The molecule has 11 heavy (non-hydrogen) atoms. The van der Waals surface area contributed by atoms with Crippen LogP contribution in [0.3, 0.4) is 0 Å². The summed E-state index contributed by atoms with van der Waals surface area (Å²) in [6, 6.07) is 0. The summed E-state index contributed by atoms with van der Waals surface area (Å²) in [5.41, 5.74) is 0. The monoisotopic (exact) mass is 179 g/mol. The maximum Gasteiger partial charge on any atom is 0.702 e. The van der Waals surface area contributed by atoms with Gasteiger partial charge in [0.15, 0.2) is 0 Å². The molecule has 0 radical (unpaired) electrons. The molecule has 0 aromatic rings. The normalized spacial score (nSPS) is 23.1. The second kappa shape index (κ2) is 5.57. The van der Waals surface area contributed by atoms with Crippen molar-refractivity contribution >= 4 is 8.25 Å². The highest BCUT2D eigenvalue weighted by atomic mass is 31.1. The molecule has 2 N–H and O–H groups in total. The highest BCUT2D eigenvalue weighted by Gasteiger charge is 2.32. The van der Waals surface area contributed by atoms with Gasteiger partial charge < -0.3 is 10.6 Å². The Morgan fingerprint density at radius 2 is 1.36 bits per heavy atom. The lowest BCUT2D eigenvalue weighted by molar-refractivity contribution is 0.0270. The molecule has 2 aliphatic heterocycles. The molecular weight excluding hydrogens is 167 g/mol. The largest absolute Gasteiger partial charge is 0.702 e. The van der Waals surface area contributed by atoms with Gasteiger partial charge in [0, 0.05) is 30.7 Å². The first-order valence-corrected chi connectivity index (χ1v) is 4.63. The van der Waals surface area contributed by atoms with Crippen LogP contribution in [0.2, 0.25) is 0 Å². The summed E-state index contributed by atoms with van der Waals surface area (Å²) in [6.07, 6.45) is 0. The van der Waals surface area contributed by atoms with Crippen LogP contribution in [0, 0.1) is 0 Å². The number of hydrogen-bond acceptors (Lipinski definition) is 5. The van der Waals surface area contributed by atoms with E-state index in [1.165, 1.54) is 0 Å². The van der Waals surface area contributed by atoms with Gasteiger partial charge in [-0.25, -0.2) is 0 Å². The zero-order valence-corrected chi connectivity index (χ0v) is 7.10. The molecule has 0 spiro atoms. The Morgan fingerprint density at radius 3 is 1.45 bits per heavy atom. The summed E-state index contributed by atoms with van der Waals surface area (Å²) >= 11 is 0. The fourth-order valence-corrected chi connectivity index (χ4v) is 0.891. The van der Waals surface area contributed by atoms with Gasteiger partial charge >= 0.3 is 8.25 Å². The minimum atomic E-state index is -1.67. The minimum absolute atomic E-state index is 0.204. The van der Waals surface area contributed by atoms with E-state index in [0.717, 1.165) is 26.2 Å². The van der Waals surface area contributed by atoms with Crippen LogP contribution in [0.25, 0.3) is 0 Å². The fourth-order valence-electron chi connectivity index (χ4n) is 0.699. The molecule has 0 aromatic heterocycles. The lowest BCUT2D eigenvalue weighted by Gasteiger charge is -2.11. The van der Waals surface area contributed by atoms with Crippen molar-refractivity contribution in [2.24, 2.45) is 0 Å². The Bertz CT molecular complexity index is 111. The second-order valence-electron chi connectivity index (χ2n) is 2.10. The molecule has 64 valence electrons. The van der Waals surface area contributed by atoms with Crippen LogP contribution in [0.5, 0.6) is 0 Å². The van der Waals surface area contributed by atoms with Crippen molar-refractivity contribution in [3.05, 3.63) is 0 Å². The minimum Gasteiger partial charge on any atom is -0.314 e. The molecule has 0 saturated carbocycles. The molecule has 2 aliphatic rings. The van der Waals surface area contributed by atoms with Crippen molar-refractivity contribution in [2.75, 3.05) is 33.0 Å². The van der Waals surface area contributed by atoms with Gasteiger partial charge in [0.05, 0.1) is 0 Å². The van der Waals surface area contributed by atoms with E-state index in [0.29, 0.717) is 0 Å². The van der Waals surface area contributed by atoms with Crippen molar-refractivity contribution in [1.82, 2.24) is 10.6 Å². The standard InChI is InChI=1S/C4H10N2.CH2O3P/c1-2-6-4-3-5-1;2-5-3-1-4-5/h5-6H,1-4H2;1H2/q;+1. The SMILES string of the molecule is C1CNCCN1.O=[P+]1OCO1. The van der Waals surface area contributed by atoms with Crippen LogP contribution in [0.4, 0.5) is 0 Å². The van der Waals surface area contributed by atoms with Crippen LogP contribution >= 0.6 is 8.25 Å². The maximum absolute atomic E-state index is 9.60. The predicted molar refractivity (Wildman–Crippen MR) is 40.4 cm³/mol. The van der Waals surface area contributed by atoms with E-state index in [4.69, 9.17) is 0 Å². The van der Waals surface area contributed by atoms with E-state index < -0.39 is 8.25 Å². The zero-order chi connectivity index (χ0) is 7.94. The van der Waals surface area contributed by atoms with E-state index in [-0.39, 0.29) is 6.79 Å². The summed E-state index contributed by atoms with van der Waals surface area (Å²) in [4.78, 5) is 0. The third-order valence-corrected chi connectivity index (χ3v) is 1.91. The zero-order valence-electron chi connectivity index (χ0n) is 6.21. The number of piperazine rings is 1. The predicted octanol–water partition coefficient (Wildman–Crippen LogP) is -0.173. The average Bonchev–Trinajstić information content (AvgIpc) is 2.05. The number of hydrogen-bond donors (Lipinski definition) is 2. The van der Waals surface area contributed by atoms with Gasteiger partial charge in [-0.05, 0) is 0 Å². The van der Waals surface area contributed by atoms with Crippen LogP contribution in [0.15, 0.2) is 0 Å². The first kappa shape index (κ1) is 9.03. The van der Waals surface area contributed by atoms with Crippen LogP contribution < -0.4 is 10.6 Å². The van der Waals surface area contributed by atoms with E-state index in [1.54, 1.807) is 0 Å². The second-order valence-corrected chi connectivity index (χ2v) is 3.06. The Hall–Kier alpha value is -0.0600. The van der Waals surface area contributed by atoms with Crippen molar-refractivity contribution in [3.63, 3.8) is 0 Å². The molecule has 0 amide bonds. The lowest BCUT2D eigenvalue weighted by atomic mass is 10.4. The molecule has 0 aromatic carbocycles. The fraction of sp³-hybridized carbons (Fsp3) is 1.00. The summed E-state index contributed by atoms with van der Waals surface area (Å²) in [6.45, 7) is 4.76. The topological polar surface area (TPSA) is 59.6 Å². The van der Waals surface area contributed by atoms with E-state index in [2.05, 4.69) is 19.7 Å².